The first kappa shape index (κ1) is 15.6. The summed E-state index contributed by atoms with van der Waals surface area (Å²) in [6, 6.07) is 6.60. The molecule has 0 aliphatic heterocycles. The van der Waals surface area contributed by atoms with E-state index in [4.69, 9.17) is 21.4 Å². The second-order valence-electron chi connectivity index (χ2n) is 4.15. The first-order valence-electron chi connectivity index (χ1n) is 5.75. The third-order valence-corrected chi connectivity index (χ3v) is 2.97. The van der Waals surface area contributed by atoms with E-state index in [1.54, 1.807) is 0 Å². The third kappa shape index (κ3) is 3.65. The molecule has 0 radical (unpaired) electrons. The number of hydrogen-bond acceptors (Lipinski definition) is 2. The van der Waals surface area contributed by atoms with Crippen molar-refractivity contribution in [1.82, 2.24) is 0 Å². The molecule has 0 saturated heterocycles. The summed E-state index contributed by atoms with van der Waals surface area (Å²) < 4.78 is 56.7. The van der Waals surface area contributed by atoms with E-state index in [1.165, 1.54) is 12.1 Å². The average molecular weight is 321 g/mol. The van der Waals surface area contributed by atoms with Crippen molar-refractivity contribution in [2.75, 3.05) is 0 Å². The van der Waals surface area contributed by atoms with E-state index in [9.17, 15) is 17.6 Å². The van der Waals surface area contributed by atoms with Gasteiger partial charge in [-0.25, -0.2) is 4.39 Å². The van der Waals surface area contributed by atoms with Crippen LogP contribution < -0.4 is 4.74 Å². The van der Waals surface area contributed by atoms with Crippen LogP contribution in [-0.2, 0) is 12.8 Å². The molecule has 0 aromatic heterocycles. The van der Waals surface area contributed by atoms with E-state index in [0.717, 1.165) is 24.3 Å². The molecule has 21 heavy (non-hydrogen) atoms. The fourth-order valence-corrected chi connectivity index (χ4v) is 1.87. The van der Waals surface area contributed by atoms with Crippen LogP contribution in [0.2, 0.25) is 5.02 Å². The molecule has 0 fully saturated rings. The molecule has 2 aromatic carbocycles. The van der Waals surface area contributed by atoms with Gasteiger partial charge in [-0.05, 0) is 29.8 Å². The van der Waals surface area contributed by atoms with E-state index in [1.807, 2.05) is 0 Å². The van der Waals surface area contributed by atoms with Crippen LogP contribution in [0.25, 0.3) is 0 Å². The normalized spacial score (nSPS) is 11.5. The lowest BCUT2D eigenvalue weighted by Gasteiger charge is -2.14. The maximum atomic E-state index is 13.0. The van der Waals surface area contributed by atoms with Crippen molar-refractivity contribution in [2.24, 2.45) is 0 Å². The van der Waals surface area contributed by atoms with Gasteiger partial charge in [-0.2, -0.15) is 13.2 Å². The molecular formula is C14H9ClF4O2. The van der Waals surface area contributed by atoms with Gasteiger partial charge in [-0.3, -0.25) is 0 Å². The van der Waals surface area contributed by atoms with Crippen molar-refractivity contribution in [3.8, 4) is 11.5 Å². The van der Waals surface area contributed by atoms with Crippen LogP contribution in [0.4, 0.5) is 17.6 Å². The lowest BCUT2D eigenvalue weighted by molar-refractivity contribution is -0.138. The van der Waals surface area contributed by atoms with Gasteiger partial charge in [0.05, 0.1) is 17.2 Å². The number of rotatable bonds is 3. The Balaban J connectivity index is 2.34. The topological polar surface area (TPSA) is 29.5 Å². The second-order valence-corrected chi connectivity index (χ2v) is 4.56. The highest BCUT2D eigenvalue weighted by Crippen LogP contribution is 2.36. The number of aliphatic hydroxyl groups is 1. The van der Waals surface area contributed by atoms with Gasteiger partial charge >= 0.3 is 6.18 Å². The van der Waals surface area contributed by atoms with E-state index < -0.39 is 24.2 Å². The summed E-state index contributed by atoms with van der Waals surface area (Å²) in [6.07, 6.45) is -4.61. The highest BCUT2D eigenvalue weighted by molar-refractivity contribution is 6.30. The summed E-state index contributed by atoms with van der Waals surface area (Å²) in [4.78, 5) is 0. The quantitative estimate of drug-likeness (QED) is 0.824. The number of benzene rings is 2. The largest absolute Gasteiger partial charge is 0.457 e. The maximum absolute atomic E-state index is 13.0. The van der Waals surface area contributed by atoms with Crippen molar-refractivity contribution >= 4 is 11.6 Å². The van der Waals surface area contributed by atoms with Crippen molar-refractivity contribution < 1.29 is 27.4 Å². The van der Waals surface area contributed by atoms with Crippen molar-refractivity contribution in [2.45, 2.75) is 12.8 Å². The van der Waals surface area contributed by atoms with Gasteiger partial charge in [0.1, 0.15) is 17.3 Å². The predicted molar refractivity (Wildman–Crippen MR) is 68.9 cm³/mol. The van der Waals surface area contributed by atoms with Gasteiger partial charge in [0.2, 0.25) is 0 Å². The van der Waals surface area contributed by atoms with Crippen LogP contribution >= 0.6 is 11.6 Å². The molecule has 0 heterocycles. The third-order valence-electron chi connectivity index (χ3n) is 2.68. The number of halogens is 5. The molecule has 2 aromatic rings. The van der Waals surface area contributed by atoms with Crippen molar-refractivity contribution in [1.29, 1.82) is 0 Å². The Morgan fingerprint density at radius 1 is 1.05 bits per heavy atom. The molecular weight excluding hydrogens is 312 g/mol. The standard InChI is InChI=1S/C14H9ClF4O2/c15-12-6-10(3-4-13(12)16)21-9-2-1-8(7-20)11(5-9)14(17,18)19/h1-6,20H,7H2. The first-order valence-corrected chi connectivity index (χ1v) is 6.13. The van der Waals surface area contributed by atoms with Gasteiger partial charge < -0.3 is 9.84 Å². The smallest absolute Gasteiger partial charge is 0.416 e. The SMILES string of the molecule is OCc1ccc(Oc2ccc(F)c(Cl)c2)cc1C(F)(F)F. The number of hydrogen-bond donors (Lipinski definition) is 1. The highest BCUT2D eigenvalue weighted by Gasteiger charge is 2.33. The zero-order valence-corrected chi connectivity index (χ0v) is 11.2. The highest BCUT2D eigenvalue weighted by atomic mass is 35.5. The molecule has 0 aliphatic carbocycles. The average Bonchev–Trinajstić information content (AvgIpc) is 2.42. The number of aliphatic hydroxyl groups excluding tert-OH is 1. The lowest BCUT2D eigenvalue weighted by atomic mass is 10.1. The lowest BCUT2D eigenvalue weighted by Crippen LogP contribution is -2.09. The molecule has 7 heteroatoms. The minimum absolute atomic E-state index is 0.0952. The van der Waals surface area contributed by atoms with E-state index in [0.29, 0.717) is 0 Å². The molecule has 0 amide bonds. The minimum atomic E-state index is -4.61. The van der Waals surface area contributed by atoms with Gasteiger partial charge in [0, 0.05) is 6.07 Å². The maximum Gasteiger partial charge on any atom is 0.416 e. The summed E-state index contributed by atoms with van der Waals surface area (Å²) in [5, 5.41) is 8.73. The number of ether oxygens (including phenoxy) is 1. The van der Waals surface area contributed by atoms with Crippen molar-refractivity contribution in [3.05, 3.63) is 58.4 Å². The summed E-state index contributed by atoms with van der Waals surface area (Å²) in [6.45, 7) is -0.739. The van der Waals surface area contributed by atoms with Crippen LogP contribution in [-0.4, -0.2) is 5.11 Å². The molecule has 0 saturated carbocycles. The predicted octanol–water partition coefficient (Wildman–Crippen LogP) is 4.78. The fraction of sp³-hybridized carbons (Fsp3) is 0.143. The summed E-state index contributed by atoms with van der Waals surface area (Å²) >= 11 is 5.56. The van der Waals surface area contributed by atoms with E-state index in [2.05, 4.69) is 0 Å². The van der Waals surface area contributed by atoms with Gasteiger partial charge in [0.15, 0.2) is 0 Å². The molecule has 0 aliphatic rings. The Morgan fingerprint density at radius 2 is 1.67 bits per heavy atom. The van der Waals surface area contributed by atoms with Crippen LogP contribution in [0.3, 0.4) is 0 Å². The number of alkyl halides is 3. The van der Waals surface area contributed by atoms with E-state index >= 15 is 0 Å². The molecule has 0 unspecified atom stereocenters. The zero-order valence-electron chi connectivity index (χ0n) is 10.4. The summed E-state index contributed by atoms with van der Waals surface area (Å²) in [7, 11) is 0. The molecule has 112 valence electrons. The Labute approximate surface area is 122 Å². The fourth-order valence-electron chi connectivity index (χ4n) is 1.70. The monoisotopic (exact) mass is 320 g/mol. The first-order chi connectivity index (χ1) is 9.81. The molecule has 0 spiro atoms. The van der Waals surface area contributed by atoms with Gasteiger partial charge in [-0.1, -0.05) is 17.7 Å². The van der Waals surface area contributed by atoms with Gasteiger partial charge in [0.25, 0.3) is 0 Å². The van der Waals surface area contributed by atoms with Crippen LogP contribution in [0.5, 0.6) is 11.5 Å². The Bertz CT molecular complexity index is 656. The van der Waals surface area contributed by atoms with Crippen LogP contribution in [0.15, 0.2) is 36.4 Å². The van der Waals surface area contributed by atoms with E-state index in [-0.39, 0.29) is 22.1 Å². The van der Waals surface area contributed by atoms with Crippen molar-refractivity contribution in [3.63, 3.8) is 0 Å². The molecule has 0 bridgehead atoms. The molecule has 1 N–H and O–H groups in total. The summed E-state index contributed by atoms with van der Waals surface area (Å²) in [5.74, 6) is -0.649. The molecule has 0 atom stereocenters. The Kier molecular flexibility index (Phi) is 4.39. The van der Waals surface area contributed by atoms with Crippen LogP contribution in [0.1, 0.15) is 11.1 Å². The molecule has 2 rings (SSSR count). The zero-order chi connectivity index (χ0) is 15.6. The Morgan fingerprint density at radius 3 is 2.24 bits per heavy atom. The summed E-state index contributed by atoms with van der Waals surface area (Å²) in [5.41, 5.74) is -1.25. The second kappa shape index (κ2) is 5.91. The molecule has 2 nitrogen and oxygen atoms in total. The minimum Gasteiger partial charge on any atom is -0.457 e. The Hall–Kier alpha value is -1.79. The van der Waals surface area contributed by atoms with Crippen LogP contribution in [0, 0.1) is 5.82 Å². The van der Waals surface area contributed by atoms with Gasteiger partial charge in [-0.15, -0.1) is 0 Å².